The largest absolute Gasteiger partial charge is 0.243 e. The first-order chi connectivity index (χ1) is 10.2. The van der Waals surface area contributed by atoms with Gasteiger partial charge in [0.2, 0.25) is 10.0 Å². The Balaban J connectivity index is 2.42. The van der Waals surface area contributed by atoms with Gasteiger partial charge in [-0.25, -0.2) is 16.8 Å². The van der Waals surface area contributed by atoms with Crippen molar-refractivity contribution in [3.8, 4) is 0 Å². The second-order valence-corrected chi connectivity index (χ2v) is 9.93. The van der Waals surface area contributed by atoms with Gasteiger partial charge in [0.15, 0.2) is 9.84 Å². The van der Waals surface area contributed by atoms with Gasteiger partial charge in [0, 0.05) is 12.6 Å². The van der Waals surface area contributed by atoms with Crippen LogP contribution in [-0.2, 0) is 19.9 Å². The van der Waals surface area contributed by atoms with Crippen molar-refractivity contribution in [2.75, 3.05) is 18.1 Å². The molecule has 22 heavy (non-hydrogen) atoms. The molecule has 1 aromatic rings. The van der Waals surface area contributed by atoms with Crippen molar-refractivity contribution in [3.05, 3.63) is 40.9 Å². The maximum Gasteiger partial charge on any atom is 0.243 e. The Morgan fingerprint density at radius 1 is 1.32 bits per heavy atom. The maximum atomic E-state index is 12.8. The Morgan fingerprint density at radius 3 is 2.50 bits per heavy atom. The monoisotopic (exact) mass is 383 g/mol. The summed E-state index contributed by atoms with van der Waals surface area (Å²) in [6, 6.07) is 3.42. The van der Waals surface area contributed by atoms with Crippen LogP contribution in [0.3, 0.4) is 0 Å². The van der Waals surface area contributed by atoms with Crippen LogP contribution in [0.4, 0.5) is 0 Å². The van der Waals surface area contributed by atoms with E-state index >= 15 is 0 Å². The summed E-state index contributed by atoms with van der Waals surface area (Å²) in [5, 5.41) is 0.375. The van der Waals surface area contributed by atoms with Gasteiger partial charge in [-0.15, -0.1) is 6.58 Å². The van der Waals surface area contributed by atoms with E-state index in [1.54, 1.807) is 0 Å². The maximum absolute atomic E-state index is 12.8. The summed E-state index contributed by atoms with van der Waals surface area (Å²) in [6.07, 6.45) is 1.71. The number of halogens is 2. The first-order valence-corrected chi connectivity index (χ1v) is 10.5. The average molecular weight is 384 g/mol. The summed E-state index contributed by atoms with van der Waals surface area (Å²) in [4.78, 5) is -0.0203. The number of benzene rings is 1. The summed E-state index contributed by atoms with van der Waals surface area (Å²) in [5.41, 5.74) is 0. The van der Waals surface area contributed by atoms with E-state index in [0.717, 1.165) is 4.31 Å². The van der Waals surface area contributed by atoms with E-state index in [1.807, 2.05) is 0 Å². The molecule has 1 aliphatic rings. The van der Waals surface area contributed by atoms with E-state index in [4.69, 9.17) is 23.2 Å². The Hall–Kier alpha value is -0.600. The number of sulfone groups is 1. The van der Waals surface area contributed by atoms with Gasteiger partial charge in [0.25, 0.3) is 0 Å². The lowest BCUT2D eigenvalue weighted by Gasteiger charge is -2.26. The lowest BCUT2D eigenvalue weighted by atomic mass is 10.2. The van der Waals surface area contributed by atoms with Crippen molar-refractivity contribution in [2.45, 2.75) is 17.4 Å². The van der Waals surface area contributed by atoms with Crippen molar-refractivity contribution < 1.29 is 16.8 Å². The highest BCUT2D eigenvalue weighted by atomic mass is 35.5. The fourth-order valence-corrected chi connectivity index (χ4v) is 6.19. The highest BCUT2D eigenvalue weighted by Gasteiger charge is 2.38. The third kappa shape index (κ3) is 3.65. The van der Waals surface area contributed by atoms with Gasteiger partial charge >= 0.3 is 0 Å². The molecule has 0 N–H and O–H groups in total. The number of sulfonamides is 1. The van der Waals surface area contributed by atoms with Gasteiger partial charge in [-0.1, -0.05) is 29.3 Å². The predicted molar refractivity (Wildman–Crippen MR) is 87.6 cm³/mol. The molecule has 1 heterocycles. The van der Waals surface area contributed by atoms with E-state index in [-0.39, 0.29) is 39.4 Å². The fourth-order valence-electron chi connectivity index (χ4n) is 2.35. The molecule has 0 amide bonds. The van der Waals surface area contributed by atoms with Gasteiger partial charge in [-0.2, -0.15) is 4.31 Å². The van der Waals surface area contributed by atoms with E-state index in [9.17, 15) is 16.8 Å². The van der Waals surface area contributed by atoms with Gasteiger partial charge in [-0.3, -0.25) is 0 Å². The molecule has 0 spiro atoms. The van der Waals surface area contributed by atoms with Crippen LogP contribution < -0.4 is 0 Å². The first-order valence-electron chi connectivity index (χ1n) is 6.45. The van der Waals surface area contributed by atoms with Crippen molar-refractivity contribution in [2.24, 2.45) is 0 Å². The van der Waals surface area contributed by atoms with Gasteiger partial charge < -0.3 is 0 Å². The van der Waals surface area contributed by atoms with Crippen LogP contribution >= 0.6 is 23.2 Å². The summed E-state index contributed by atoms with van der Waals surface area (Å²) < 4.78 is 49.9. The molecule has 0 bridgehead atoms. The number of hydrogen-bond donors (Lipinski definition) is 0. The molecule has 0 aliphatic carbocycles. The number of nitrogens with zero attached hydrogens (tertiary/aromatic N) is 1. The highest BCUT2D eigenvalue weighted by Crippen LogP contribution is 2.29. The lowest BCUT2D eigenvalue weighted by molar-refractivity contribution is 0.367. The smallest absolute Gasteiger partial charge is 0.229 e. The van der Waals surface area contributed by atoms with E-state index in [2.05, 4.69) is 6.58 Å². The van der Waals surface area contributed by atoms with Crippen molar-refractivity contribution in [1.82, 2.24) is 4.31 Å². The summed E-state index contributed by atoms with van der Waals surface area (Å²) in [7, 11) is -7.09. The van der Waals surface area contributed by atoms with E-state index in [1.165, 1.54) is 24.3 Å². The van der Waals surface area contributed by atoms with Crippen LogP contribution in [0, 0.1) is 0 Å². The van der Waals surface area contributed by atoms with E-state index < -0.39 is 25.9 Å². The molecule has 1 fully saturated rings. The van der Waals surface area contributed by atoms with E-state index in [0.29, 0.717) is 0 Å². The molecule has 0 radical (unpaired) electrons. The van der Waals surface area contributed by atoms with Crippen LogP contribution in [0.1, 0.15) is 6.42 Å². The molecule has 0 saturated carbocycles. The standard InChI is InChI=1S/C13H15Cl2NO4S2/c1-2-6-16(10-5-7-21(17,18)9-10)22(19,20)11-3-4-12(14)13(15)8-11/h2-4,8,10H,1,5-7,9H2/t10-/m1/s1. The molecular weight excluding hydrogens is 369 g/mol. The predicted octanol–water partition coefficient (Wildman–Crippen LogP) is 2.36. The second-order valence-electron chi connectivity index (χ2n) is 5.00. The SMILES string of the molecule is C=CCN([C@@H]1CCS(=O)(=O)C1)S(=O)(=O)c1ccc(Cl)c(Cl)c1. The van der Waals surface area contributed by atoms with Gasteiger partial charge in [0.1, 0.15) is 0 Å². The van der Waals surface area contributed by atoms with Crippen LogP contribution in [0.15, 0.2) is 35.7 Å². The van der Waals surface area contributed by atoms with Gasteiger partial charge in [-0.05, 0) is 24.6 Å². The quantitative estimate of drug-likeness (QED) is 0.731. The van der Waals surface area contributed by atoms with Crippen LogP contribution in [0.5, 0.6) is 0 Å². The lowest BCUT2D eigenvalue weighted by Crippen LogP contribution is -2.41. The fraction of sp³-hybridized carbons (Fsp3) is 0.385. The molecule has 2 rings (SSSR count). The van der Waals surface area contributed by atoms with Crippen molar-refractivity contribution in [3.63, 3.8) is 0 Å². The molecule has 1 saturated heterocycles. The Kier molecular flexibility index (Phi) is 5.23. The third-order valence-corrected chi connectivity index (χ3v) is 7.83. The van der Waals surface area contributed by atoms with Crippen LogP contribution in [0.25, 0.3) is 0 Å². The number of rotatable bonds is 5. The molecular formula is C13H15Cl2NO4S2. The highest BCUT2D eigenvalue weighted by molar-refractivity contribution is 7.92. The average Bonchev–Trinajstić information content (AvgIpc) is 2.78. The molecule has 5 nitrogen and oxygen atoms in total. The molecule has 122 valence electrons. The molecule has 0 unspecified atom stereocenters. The summed E-state index contributed by atoms with van der Waals surface area (Å²) in [6.45, 7) is 3.57. The van der Waals surface area contributed by atoms with Crippen LogP contribution in [-0.4, -0.2) is 45.2 Å². The minimum absolute atomic E-state index is 0.0117. The Morgan fingerprint density at radius 2 is 2.00 bits per heavy atom. The van der Waals surface area contributed by atoms with Gasteiger partial charge in [0.05, 0.1) is 26.4 Å². The molecule has 1 aliphatic heterocycles. The molecule has 1 atom stereocenters. The molecule has 0 aromatic heterocycles. The Labute approximate surface area is 140 Å². The Bertz CT molecular complexity index is 790. The van der Waals surface area contributed by atoms with Crippen LogP contribution in [0.2, 0.25) is 10.0 Å². The minimum Gasteiger partial charge on any atom is -0.229 e. The topological polar surface area (TPSA) is 71.5 Å². The third-order valence-electron chi connectivity index (χ3n) is 3.42. The molecule has 9 heteroatoms. The van der Waals surface area contributed by atoms with Crippen molar-refractivity contribution in [1.29, 1.82) is 0 Å². The normalized spacial score (nSPS) is 21.1. The van der Waals surface area contributed by atoms with Crippen molar-refractivity contribution >= 4 is 43.1 Å². The second kappa shape index (κ2) is 6.49. The zero-order chi connectivity index (χ0) is 16.5. The summed E-state index contributed by atoms with van der Waals surface area (Å²) >= 11 is 11.7. The first kappa shape index (κ1) is 17.7. The zero-order valence-corrected chi connectivity index (χ0v) is 14.7. The molecule has 1 aromatic carbocycles. The number of hydrogen-bond acceptors (Lipinski definition) is 4. The summed E-state index contributed by atoms with van der Waals surface area (Å²) in [5.74, 6) is -0.191. The zero-order valence-electron chi connectivity index (χ0n) is 11.6. The minimum atomic E-state index is -3.88.